The molecule has 2 rings (SSSR count). The second-order valence-corrected chi connectivity index (χ2v) is 11.9. The van der Waals surface area contributed by atoms with Gasteiger partial charge in [-0.15, -0.1) is 0 Å². The van der Waals surface area contributed by atoms with Crippen LogP contribution in [0.5, 0.6) is 0 Å². The van der Waals surface area contributed by atoms with Gasteiger partial charge in [0.05, 0.1) is 0 Å². The molecule has 0 saturated carbocycles. The second-order valence-electron chi connectivity index (χ2n) is 11.9. The number of hydrogen-bond donors (Lipinski definition) is 0. The highest BCUT2D eigenvalue weighted by atomic mass is 16.5. The number of carbonyl (C=O) groups is 1. The fourth-order valence-corrected chi connectivity index (χ4v) is 5.65. The van der Waals surface area contributed by atoms with Crippen LogP contribution in [0, 0.1) is 0 Å². The molecule has 0 fully saturated rings. The largest absolute Gasteiger partial charge is 0.453 e. The molecule has 0 heterocycles. The summed E-state index contributed by atoms with van der Waals surface area (Å²) in [6.45, 7) is 2.29. The lowest BCUT2D eigenvalue weighted by atomic mass is 10.0. The van der Waals surface area contributed by atoms with Crippen molar-refractivity contribution in [1.29, 1.82) is 0 Å². The van der Waals surface area contributed by atoms with Gasteiger partial charge < -0.3 is 4.74 Å². The molecule has 0 aliphatic rings. The van der Waals surface area contributed by atoms with Crippen molar-refractivity contribution >= 4 is 5.97 Å². The summed E-state index contributed by atoms with van der Waals surface area (Å²) in [7, 11) is 0. The van der Waals surface area contributed by atoms with Crippen LogP contribution in [-0.2, 0) is 9.53 Å². The molecule has 0 aromatic heterocycles. The van der Waals surface area contributed by atoms with Crippen molar-refractivity contribution in [3.63, 3.8) is 0 Å². The number of carbonyl (C=O) groups excluding carboxylic acids is 1. The molecule has 0 atom stereocenters. The van der Waals surface area contributed by atoms with Crippen molar-refractivity contribution in [3.8, 4) is 0 Å². The summed E-state index contributed by atoms with van der Waals surface area (Å²) in [6.07, 6.45) is 30.5. The molecular weight excluding hydrogens is 488 g/mol. The van der Waals surface area contributed by atoms with Crippen LogP contribution in [0.3, 0.4) is 0 Å². The number of benzene rings is 2. The average Bonchev–Trinajstić information content (AvgIpc) is 2.99. The molecule has 2 heteroatoms. The van der Waals surface area contributed by atoms with E-state index in [9.17, 15) is 4.79 Å². The number of esters is 1. The lowest BCUT2D eigenvalue weighted by Gasteiger charge is -2.19. The lowest BCUT2D eigenvalue weighted by molar-refractivity contribution is -0.147. The van der Waals surface area contributed by atoms with Gasteiger partial charge >= 0.3 is 5.97 Å². The van der Waals surface area contributed by atoms with Gasteiger partial charge in [-0.3, -0.25) is 4.79 Å². The summed E-state index contributed by atoms with van der Waals surface area (Å²) in [5.74, 6) is -0.0918. The normalized spacial score (nSPS) is 11.2. The van der Waals surface area contributed by atoms with Crippen molar-refractivity contribution in [2.75, 3.05) is 0 Å². The zero-order chi connectivity index (χ0) is 28.4. The first-order valence-electron chi connectivity index (χ1n) is 17.1. The van der Waals surface area contributed by atoms with Crippen molar-refractivity contribution < 1.29 is 9.53 Å². The Morgan fingerprint density at radius 3 is 1.10 bits per heavy atom. The first-order chi connectivity index (χ1) is 19.8. The highest BCUT2D eigenvalue weighted by molar-refractivity contribution is 5.70. The number of unbranched alkanes of at least 4 members (excludes halogenated alkanes) is 21. The van der Waals surface area contributed by atoms with E-state index in [-0.39, 0.29) is 12.1 Å². The maximum atomic E-state index is 12.6. The second kappa shape index (κ2) is 24.7. The van der Waals surface area contributed by atoms with Crippen LogP contribution in [-0.4, -0.2) is 5.97 Å². The van der Waals surface area contributed by atoms with E-state index in [1.54, 1.807) is 0 Å². The first-order valence-corrected chi connectivity index (χ1v) is 17.1. The monoisotopic (exact) mass is 548 g/mol. The Morgan fingerprint density at radius 2 is 0.775 bits per heavy atom. The molecule has 0 unspecified atom stereocenters. The Bertz CT molecular complexity index is 776. The molecule has 0 bridgehead atoms. The predicted octanol–water partition coefficient (Wildman–Crippen LogP) is 12.3. The third kappa shape index (κ3) is 17.6. The minimum absolute atomic E-state index is 0.0918. The van der Waals surface area contributed by atoms with Gasteiger partial charge in [-0.2, -0.15) is 0 Å². The number of rotatable bonds is 26. The Hall–Kier alpha value is -2.09. The van der Waals surface area contributed by atoms with Crippen LogP contribution in [0.4, 0.5) is 0 Å². The molecule has 0 amide bonds. The molecule has 40 heavy (non-hydrogen) atoms. The summed E-state index contributed by atoms with van der Waals surface area (Å²) >= 11 is 0. The van der Waals surface area contributed by atoms with Crippen molar-refractivity contribution in [1.82, 2.24) is 0 Å². The lowest BCUT2D eigenvalue weighted by Crippen LogP contribution is -2.12. The van der Waals surface area contributed by atoms with Gasteiger partial charge in [0.2, 0.25) is 0 Å². The third-order valence-electron chi connectivity index (χ3n) is 8.19. The quantitative estimate of drug-likeness (QED) is 0.0863. The standard InChI is InChI=1S/C38H60O2/c1-2-3-4-5-6-7-8-9-10-11-12-13-14-15-16-17-18-19-20-21-22-29-34-37(39)40-38(35-30-25-23-26-31-35)36-32-27-24-28-33-36/h23-28,30-33,38H,2-22,29,34H2,1H3. The van der Waals surface area contributed by atoms with Gasteiger partial charge in [0.25, 0.3) is 0 Å². The van der Waals surface area contributed by atoms with E-state index in [0.29, 0.717) is 6.42 Å². The Morgan fingerprint density at radius 1 is 0.475 bits per heavy atom. The van der Waals surface area contributed by atoms with Gasteiger partial charge in [-0.1, -0.05) is 202 Å². The van der Waals surface area contributed by atoms with Gasteiger partial charge in [-0.25, -0.2) is 0 Å². The first kappa shape index (κ1) is 34.1. The molecule has 0 saturated heterocycles. The molecular formula is C38H60O2. The van der Waals surface area contributed by atoms with E-state index in [4.69, 9.17) is 4.74 Å². The van der Waals surface area contributed by atoms with E-state index in [1.165, 1.54) is 128 Å². The van der Waals surface area contributed by atoms with Crippen LogP contribution in [0.1, 0.15) is 172 Å². The van der Waals surface area contributed by atoms with Crippen LogP contribution in [0.15, 0.2) is 60.7 Å². The molecule has 2 aromatic carbocycles. The number of ether oxygens (including phenoxy) is 1. The van der Waals surface area contributed by atoms with Crippen molar-refractivity contribution in [2.45, 2.75) is 161 Å². The third-order valence-corrected chi connectivity index (χ3v) is 8.19. The molecule has 0 aliphatic carbocycles. The predicted molar refractivity (Wildman–Crippen MR) is 173 cm³/mol. The van der Waals surface area contributed by atoms with Gasteiger partial charge in [0.1, 0.15) is 0 Å². The molecule has 224 valence electrons. The highest BCUT2D eigenvalue weighted by Crippen LogP contribution is 2.26. The molecule has 0 spiro atoms. The Kier molecular flexibility index (Phi) is 21.1. The smallest absolute Gasteiger partial charge is 0.306 e. The Balaban J connectivity index is 1.35. The maximum Gasteiger partial charge on any atom is 0.306 e. The SMILES string of the molecule is CCCCCCCCCCCCCCCCCCCCCCCCC(=O)OC(c1ccccc1)c1ccccc1. The molecule has 0 radical (unpaired) electrons. The van der Waals surface area contributed by atoms with Crippen LogP contribution < -0.4 is 0 Å². The number of hydrogen-bond acceptors (Lipinski definition) is 2. The summed E-state index contributed by atoms with van der Waals surface area (Å²) < 4.78 is 5.93. The van der Waals surface area contributed by atoms with Gasteiger partial charge in [-0.05, 0) is 17.5 Å². The maximum absolute atomic E-state index is 12.6. The molecule has 2 nitrogen and oxygen atoms in total. The van der Waals surface area contributed by atoms with Crippen LogP contribution in [0.25, 0.3) is 0 Å². The van der Waals surface area contributed by atoms with E-state index < -0.39 is 0 Å². The van der Waals surface area contributed by atoms with Crippen molar-refractivity contribution in [2.24, 2.45) is 0 Å². The zero-order valence-electron chi connectivity index (χ0n) is 25.9. The van der Waals surface area contributed by atoms with E-state index in [1.807, 2.05) is 60.7 Å². The molecule has 0 aliphatic heterocycles. The van der Waals surface area contributed by atoms with E-state index in [2.05, 4.69) is 6.92 Å². The Labute approximate surface area is 247 Å². The van der Waals surface area contributed by atoms with Crippen LogP contribution >= 0.6 is 0 Å². The highest BCUT2D eigenvalue weighted by Gasteiger charge is 2.18. The van der Waals surface area contributed by atoms with E-state index in [0.717, 1.165) is 24.0 Å². The zero-order valence-corrected chi connectivity index (χ0v) is 25.9. The van der Waals surface area contributed by atoms with Gasteiger partial charge in [0, 0.05) is 6.42 Å². The molecule has 2 aromatic rings. The summed E-state index contributed by atoms with van der Waals surface area (Å²) in [4.78, 5) is 12.6. The fraction of sp³-hybridized carbons (Fsp3) is 0.658. The average molecular weight is 549 g/mol. The summed E-state index contributed by atoms with van der Waals surface area (Å²) in [6, 6.07) is 20.1. The van der Waals surface area contributed by atoms with Crippen molar-refractivity contribution in [3.05, 3.63) is 71.8 Å². The van der Waals surface area contributed by atoms with E-state index >= 15 is 0 Å². The molecule has 0 N–H and O–H groups in total. The fourth-order valence-electron chi connectivity index (χ4n) is 5.65. The summed E-state index contributed by atoms with van der Waals surface area (Å²) in [5.41, 5.74) is 2.05. The minimum atomic E-state index is -0.324. The minimum Gasteiger partial charge on any atom is -0.453 e. The van der Waals surface area contributed by atoms with Crippen LogP contribution in [0.2, 0.25) is 0 Å². The summed E-state index contributed by atoms with van der Waals surface area (Å²) in [5, 5.41) is 0. The van der Waals surface area contributed by atoms with Gasteiger partial charge in [0.15, 0.2) is 6.10 Å². The topological polar surface area (TPSA) is 26.3 Å².